The fourth-order valence-corrected chi connectivity index (χ4v) is 1.59. The van der Waals surface area contributed by atoms with Gasteiger partial charge in [-0.25, -0.2) is 0 Å². The molecule has 0 rings (SSSR count). The van der Waals surface area contributed by atoms with Crippen molar-refractivity contribution in [2.24, 2.45) is 11.7 Å². The van der Waals surface area contributed by atoms with Crippen molar-refractivity contribution >= 4 is 5.91 Å². The molecule has 0 aliphatic carbocycles. The quantitative estimate of drug-likeness (QED) is 0.624. The molecule has 80 valence electrons. The number of carbonyl (C=O) groups is 1. The third kappa shape index (κ3) is 4.26. The van der Waals surface area contributed by atoms with Crippen LogP contribution in [0.25, 0.3) is 0 Å². The Kier molecular flexibility index (Phi) is 6.81. The molecule has 0 aromatic rings. The minimum Gasteiger partial charge on any atom is -0.369 e. The van der Waals surface area contributed by atoms with E-state index in [4.69, 9.17) is 5.73 Å². The number of hydrogen-bond acceptors (Lipinski definition) is 1. The molecule has 2 N–H and O–H groups in total. The molecule has 0 aromatic heterocycles. The van der Waals surface area contributed by atoms with Crippen molar-refractivity contribution in [2.45, 2.75) is 39.5 Å². The average Bonchev–Trinajstić information content (AvgIpc) is 2.13. The molecule has 1 unspecified atom stereocenters. The molecule has 14 heavy (non-hydrogen) atoms. The van der Waals surface area contributed by atoms with Gasteiger partial charge in [-0.15, -0.1) is 6.58 Å². The Bertz CT molecular complexity index is 218. The molecule has 0 fully saturated rings. The molecule has 0 heterocycles. The van der Waals surface area contributed by atoms with E-state index in [1.54, 1.807) is 6.08 Å². The number of rotatable bonds is 7. The van der Waals surface area contributed by atoms with Gasteiger partial charge in [-0.05, 0) is 19.3 Å². The third-order valence-corrected chi connectivity index (χ3v) is 2.20. The first-order valence-electron chi connectivity index (χ1n) is 5.26. The largest absolute Gasteiger partial charge is 0.369 e. The van der Waals surface area contributed by atoms with E-state index in [0.29, 0.717) is 6.42 Å². The van der Waals surface area contributed by atoms with Gasteiger partial charge in [0.1, 0.15) is 0 Å². The van der Waals surface area contributed by atoms with Crippen LogP contribution >= 0.6 is 0 Å². The molecule has 0 aliphatic heterocycles. The molecule has 0 bridgehead atoms. The molecule has 0 aliphatic rings. The summed E-state index contributed by atoms with van der Waals surface area (Å²) in [6.45, 7) is 7.83. The van der Waals surface area contributed by atoms with Crippen LogP contribution in [0.15, 0.2) is 24.3 Å². The monoisotopic (exact) mass is 195 g/mol. The van der Waals surface area contributed by atoms with Crippen LogP contribution in [0.1, 0.15) is 39.5 Å². The average molecular weight is 195 g/mol. The highest BCUT2D eigenvalue weighted by molar-refractivity contribution is 5.79. The second-order valence-electron chi connectivity index (χ2n) is 3.42. The smallest absolute Gasteiger partial charge is 0.224 e. The lowest BCUT2D eigenvalue weighted by molar-refractivity contribution is -0.120. The van der Waals surface area contributed by atoms with E-state index in [9.17, 15) is 4.79 Å². The van der Waals surface area contributed by atoms with Gasteiger partial charge in [0, 0.05) is 0 Å². The second-order valence-corrected chi connectivity index (χ2v) is 3.42. The van der Waals surface area contributed by atoms with Crippen molar-refractivity contribution in [3.8, 4) is 0 Å². The zero-order chi connectivity index (χ0) is 11.0. The normalized spacial score (nSPS) is 13.7. The predicted octanol–water partition coefficient (Wildman–Crippen LogP) is 2.80. The standard InChI is InChI=1S/C12H21NO/c1-4-7-10(8-5-2)11(9-6-3)12(13)14/h6-7,11H,3-5,8-9H2,1-2H3,(H2,13,14). The highest BCUT2D eigenvalue weighted by Gasteiger charge is 2.17. The van der Waals surface area contributed by atoms with E-state index >= 15 is 0 Å². The highest BCUT2D eigenvalue weighted by atomic mass is 16.1. The van der Waals surface area contributed by atoms with Gasteiger partial charge in [0.15, 0.2) is 0 Å². The lowest BCUT2D eigenvalue weighted by Crippen LogP contribution is -2.24. The van der Waals surface area contributed by atoms with Gasteiger partial charge in [0.25, 0.3) is 0 Å². The summed E-state index contributed by atoms with van der Waals surface area (Å²) < 4.78 is 0. The van der Waals surface area contributed by atoms with Crippen molar-refractivity contribution in [1.29, 1.82) is 0 Å². The first-order chi connectivity index (χ1) is 6.67. The fraction of sp³-hybridized carbons (Fsp3) is 0.583. The van der Waals surface area contributed by atoms with Crippen molar-refractivity contribution in [1.82, 2.24) is 0 Å². The Morgan fingerprint density at radius 2 is 2.14 bits per heavy atom. The molecule has 2 nitrogen and oxygen atoms in total. The van der Waals surface area contributed by atoms with Gasteiger partial charge in [-0.1, -0.05) is 38.0 Å². The Hall–Kier alpha value is -1.05. The molecule has 1 amide bonds. The number of allylic oxidation sites excluding steroid dienone is 2. The maximum Gasteiger partial charge on any atom is 0.224 e. The van der Waals surface area contributed by atoms with Crippen molar-refractivity contribution < 1.29 is 4.79 Å². The van der Waals surface area contributed by atoms with Crippen LogP contribution in [-0.2, 0) is 4.79 Å². The van der Waals surface area contributed by atoms with Gasteiger partial charge in [0.05, 0.1) is 5.92 Å². The summed E-state index contributed by atoms with van der Waals surface area (Å²) in [5.74, 6) is -0.384. The fourth-order valence-electron chi connectivity index (χ4n) is 1.59. The number of nitrogens with two attached hydrogens (primary N) is 1. The van der Waals surface area contributed by atoms with Crippen LogP contribution in [0.2, 0.25) is 0 Å². The number of hydrogen-bond donors (Lipinski definition) is 1. The van der Waals surface area contributed by atoms with Crippen LogP contribution < -0.4 is 5.73 Å². The van der Waals surface area contributed by atoms with Crippen molar-refractivity contribution in [3.63, 3.8) is 0 Å². The lowest BCUT2D eigenvalue weighted by Gasteiger charge is -2.15. The number of primary amides is 1. The van der Waals surface area contributed by atoms with E-state index in [0.717, 1.165) is 19.3 Å². The third-order valence-electron chi connectivity index (χ3n) is 2.20. The van der Waals surface area contributed by atoms with Crippen LogP contribution in [-0.4, -0.2) is 5.91 Å². The zero-order valence-electron chi connectivity index (χ0n) is 9.25. The van der Waals surface area contributed by atoms with E-state index in [1.807, 2.05) is 0 Å². The maximum atomic E-state index is 11.2. The molecule has 0 spiro atoms. The molecule has 0 saturated heterocycles. The first kappa shape index (κ1) is 12.9. The van der Waals surface area contributed by atoms with E-state index in [-0.39, 0.29) is 11.8 Å². The topological polar surface area (TPSA) is 43.1 Å². The highest BCUT2D eigenvalue weighted by Crippen LogP contribution is 2.21. The van der Waals surface area contributed by atoms with Crippen molar-refractivity contribution in [2.75, 3.05) is 0 Å². The SMILES string of the molecule is C=CCC(C(N)=O)C(=CCC)CCC. The summed E-state index contributed by atoms with van der Waals surface area (Å²) >= 11 is 0. The van der Waals surface area contributed by atoms with Gasteiger partial charge in [-0.2, -0.15) is 0 Å². The van der Waals surface area contributed by atoms with Gasteiger partial charge >= 0.3 is 0 Å². The maximum absolute atomic E-state index is 11.2. The number of amides is 1. The van der Waals surface area contributed by atoms with Crippen LogP contribution in [0, 0.1) is 5.92 Å². The molecular formula is C12H21NO. The Morgan fingerprint density at radius 3 is 2.50 bits per heavy atom. The number of carbonyl (C=O) groups excluding carboxylic acids is 1. The minimum atomic E-state index is -0.238. The summed E-state index contributed by atoms with van der Waals surface area (Å²) in [5, 5.41) is 0. The van der Waals surface area contributed by atoms with E-state index in [2.05, 4.69) is 26.5 Å². The zero-order valence-corrected chi connectivity index (χ0v) is 9.25. The van der Waals surface area contributed by atoms with Crippen LogP contribution in [0.5, 0.6) is 0 Å². The van der Waals surface area contributed by atoms with Gasteiger partial charge in [-0.3, -0.25) is 4.79 Å². The van der Waals surface area contributed by atoms with Gasteiger partial charge in [0.2, 0.25) is 5.91 Å². The minimum absolute atomic E-state index is 0.146. The van der Waals surface area contributed by atoms with Crippen LogP contribution in [0.3, 0.4) is 0 Å². The van der Waals surface area contributed by atoms with Crippen LogP contribution in [0.4, 0.5) is 0 Å². The first-order valence-corrected chi connectivity index (χ1v) is 5.26. The second kappa shape index (κ2) is 7.36. The summed E-state index contributed by atoms with van der Waals surface area (Å²) in [7, 11) is 0. The van der Waals surface area contributed by atoms with Crippen molar-refractivity contribution in [3.05, 3.63) is 24.3 Å². The summed E-state index contributed by atoms with van der Waals surface area (Å²) in [6, 6.07) is 0. The molecule has 2 heteroatoms. The Balaban J connectivity index is 4.62. The molecule has 0 saturated carbocycles. The summed E-state index contributed by atoms with van der Waals surface area (Å²) in [5.41, 5.74) is 6.53. The Morgan fingerprint density at radius 1 is 1.50 bits per heavy atom. The Labute approximate surface area is 86.9 Å². The summed E-state index contributed by atoms with van der Waals surface area (Å²) in [4.78, 5) is 11.2. The van der Waals surface area contributed by atoms with E-state index < -0.39 is 0 Å². The molecular weight excluding hydrogens is 174 g/mol. The predicted molar refractivity (Wildman–Crippen MR) is 60.8 cm³/mol. The lowest BCUT2D eigenvalue weighted by atomic mass is 9.91. The van der Waals surface area contributed by atoms with Gasteiger partial charge < -0.3 is 5.73 Å². The molecule has 0 aromatic carbocycles. The summed E-state index contributed by atoms with van der Waals surface area (Å²) in [6.07, 6.45) is 7.48. The molecule has 0 radical (unpaired) electrons. The van der Waals surface area contributed by atoms with E-state index in [1.165, 1.54) is 5.57 Å². The molecule has 1 atom stereocenters.